The molecule has 0 aromatic carbocycles. The summed E-state index contributed by atoms with van der Waals surface area (Å²) >= 11 is 0. The van der Waals surface area contributed by atoms with Gasteiger partial charge in [0.2, 0.25) is 5.91 Å². The van der Waals surface area contributed by atoms with Gasteiger partial charge in [-0.15, -0.1) is 0 Å². The summed E-state index contributed by atoms with van der Waals surface area (Å²) in [6.07, 6.45) is 1.01. The summed E-state index contributed by atoms with van der Waals surface area (Å²) < 4.78 is 29.9. The lowest BCUT2D eigenvalue weighted by molar-refractivity contribution is -0.118. The van der Waals surface area contributed by atoms with Crippen molar-refractivity contribution < 1.29 is 17.8 Å². The molecule has 0 aromatic heterocycles. The van der Waals surface area contributed by atoms with Crippen molar-refractivity contribution >= 4 is 16.0 Å². The van der Waals surface area contributed by atoms with Gasteiger partial charge < -0.3 is 5.32 Å². The van der Waals surface area contributed by atoms with Gasteiger partial charge in [-0.25, -0.2) is 0 Å². The van der Waals surface area contributed by atoms with E-state index >= 15 is 0 Å². The molecule has 0 rings (SSSR count). The molecule has 0 radical (unpaired) electrons. The van der Waals surface area contributed by atoms with Crippen molar-refractivity contribution in [2.45, 2.75) is 12.6 Å². The fourth-order valence-corrected chi connectivity index (χ4v) is 1.80. The van der Waals surface area contributed by atoms with Gasteiger partial charge in [0.25, 0.3) is 10.1 Å². The molecule has 0 fully saturated rings. The Balaban J connectivity index is 4.64. The molecular weight excluding hydrogens is 208 g/mol. The maximum absolute atomic E-state index is 10.9. The summed E-state index contributed by atoms with van der Waals surface area (Å²) in [5.74, 6) is -1.14. The molecule has 0 aliphatic carbocycles. The van der Waals surface area contributed by atoms with E-state index in [2.05, 4.69) is 17.2 Å². The Hall–Kier alpha value is -0.920. The van der Waals surface area contributed by atoms with Crippen LogP contribution in [0.15, 0.2) is 12.7 Å². The van der Waals surface area contributed by atoms with Gasteiger partial charge in [0.15, 0.2) is 0 Å². The molecule has 0 saturated heterocycles. The number of hydrogen-bond acceptors (Lipinski definition) is 4. The molecule has 82 valence electrons. The highest BCUT2D eigenvalue weighted by molar-refractivity contribution is 7.85. The van der Waals surface area contributed by atoms with Crippen molar-refractivity contribution in [1.29, 1.82) is 0 Å². The van der Waals surface area contributed by atoms with Crippen LogP contribution in [0.2, 0.25) is 0 Å². The van der Waals surface area contributed by atoms with Gasteiger partial charge in [-0.05, 0) is 20.0 Å². The van der Waals surface area contributed by atoms with Crippen molar-refractivity contribution in [2.24, 2.45) is 0 Å². The third kappa shape index (κ3) is 4.95. The van der Waals surface area contributed by atoms with E-state index < -0.39 is 27.4 Å². The Kier molecular flexibility index (Phi) is 4.24. The number of rotatable bonds is 5. The van der Waals surface area contributed by atoms with Crippen LogP contribution in [-0.4, -0.2) is 37.3 Å². The number of amides is 1. The first-order valence-electron chi connectivity index (χ1n) is 3.81. The van der Waals surface area contributed by atoms with Crippen molar-refractivity contribution in [2.75, 3.05) is 12.8 Å². The molecule has 0 bridgehead atoms. The molecule has 0 spiro atoms. The molecule has 1 unspecified atom stereocenters. The molecule has 1 atom stereocenters. The predicted octanol–water partition coefficient (Wildman–Crippen LogP) is -0.888. The van der Waals surface area contributed by atoms with Crippen LogP contribution in [0, 0.1) is 0 Å². The second kappa shape index (κ2) is 4.54. The van der Waals surface area contributed by atoms with Gasteiger partial charge in [0, 0.05) is 0 Å². The molecule has 6 nitrogen and oxygen atoms in total. The predicted molar refractivity (Wildman–Crippen MR) is 52.2 cm³/mol. The maximum Gasteiger partial charge on any atom is 0.268 e. The Bertz CT molecular complexity index is 325. The van der Waals surface area contributed by atoms with E-state index in [1.165, 1.54) is 14.0 Å². The fraction of sp³-hybridized carbons (Fsp3) is 0.571. The van der Waals surface area contributed by atoms with Gasteiger partial charge in [0.1, 0.15) is 11.4 Å². The summed E-state index contributed by atoms with van der Waals surface area (Å²) in [6, 6.07) is 0. The van der Waals surface area contributed by atoms with Crippen LogP contribution < -0.4 is 10.6 Å². The second-order valence-corrected chi connectivity index (χ2v) is 4.45. The largest absolute Gasteiger partial charge is 0.334 e. The first-order valence-corrected chi connectivity index (χ1v) is 5.42. The normalized spacial score (nSPS) is 15.6. The molecule has 1 amide bonds. The Labute approximate surface area is 83.1 Å². The highest BCUT2D eigenvalue weighted by atomic mass is 32.2. The zero-order chi connectivity index (χ0) is 11.4. The van der Waals surface area contributed by atoms with Gasteiger partial charge in [-0.2, -0.15) is 8.42 Å². The van der Waals surface area contributed by atoms with E-state index in [0.29, 0.717) is 0 Å². The molecule has 0 aromatic rings. The minimum atomic E-state index is -4.16. The van der Waals surface area contributed by atoms with E-state index in [9.17, 15) is 13.2 Å². The van der Waals surface area contributed by atoms with E-state index in [1.807, 2.05) is 0 Å². The Morgan fingerprint density at radius 2 is 2.14 bits per heavy atom. The monoisotopic (exact) mass is 222 g/mol. The van der Waals surface area contributed by atoms with E-state index in [1.54, 1.807) is 0 Å². The number of carbonyl (C=O) groups is 1. The average molecular weight is 222 g/mol. The summed E-state index contributed by atoms with van der Waals surface area (Å²) in [4.78, 5) is 10.9. The smallest absolute Gasteiger partial charge is 0.268 e. The van der Waals surface area contributed by atoms with E-state index in [-0.39, 0.29) is 0 Å². The van der Waals surface area contributed by atoms with Gasteiger partial charge in [0.05, 0.1) is 0 Å². The molecular formula is C7H14N2O4S. The number of carbonyl (C=O) groups excluding carboxylic acids is 1. The topological polar surface area (TPSA) is 95.5 Å². The first kappa shape index (κ1) is 13.1. The lowest BCUT2D eigenvalue weighted by Crippen LogP contribution is -2.59. The zero-order valence-electron chi connectivity index (χ0n) is 8.07. The van der Waals surface area contributed by atoms with Crippen molar-refractivity contribution in [3.05, 3.63) is 12.7 Å². The zero-order valence-corrected chi connectivity index (χ0v) is 8.89. The van der Waals surface area contributed by atoms with Gasteiger partial charge in [-0.1, -0.05) is 6.58 Å². The van der Waals surface area contributed by atoms with Crippen LogP contribution in [0.25, 0.3) is 0 Å². The van der Waals surface area contributed by atoms with Crippen molar-refractivity contribution in [1.82, 2.24) is 10.6 Å². The lowest BCUT2D eigenvalue weighted by atomic mass is 10.2. The highest BCUT2D eigenvalue weighted by Gasteiger charge is 2.29. The van der Waals surface area contributed by atoms with Crippen LogP contribution in [0.4, 0.5) is 0 Å². The molecule has 3 N–H and O–H groups in total. The molecule has 0 heterocycles. The summed E-state index contributed by atoms with van der Waals surface area (Å²) in [7, 11) is -2.69. The summed E-state index contributed by atoms with van der Waals surface area (Å²) in [5.41, 5.74) is -1.21. The average Bonchev–Trinajstić information content (AvgIpc) is 2.00. The molecule has 0 saturated carbocycles. The standard InChI is InChI=1S/C7H14N2O4S/c1-4-6(10)9-7(2,8-3)5-14(11,12)13/h4,8H,1,5H2,2-3H3,(H,9,10)(H,11,12,13). The quantitative estimate of drug-likeness (QED) is 0.319. The minimum Gasteiger partial charge on any atom is -0.334 e. The van der Waals surface area contributed by atoms with Crippen molar-refractivity contribution in [3.8, 4) is 0 Å². The lowest BCUT2D eigenvalue weighted by Gasteiger charge is -2.28. The van der Waals surface area contributed by atoms with Crippen molar-refractivity contribution in [3.63, 3.8) is 0 Å². The second-order valence-electron chi connectivity index (χ2n) is 3.00. The number of nitrogens with one attached hydrogen (secondary N) is 2. The third-order valence-corrected chi connectivity index (χ3v) is 2.55. The third-order valence-electron chi connectivity index (χ3n) is 1.61. The van der Waals surface area contributed by atoms with Crippen LogP contribution >= 0.6 is 0 Å². The fourth-order valence-electron chi connectivity index (χ4n) is 0.859. The Morgan fingerprint density at radius 3 is 2.43 bits per heavy atom. The maximum atomic E-state index is 10.9. The molecule has 7 heteroatoms. The summed E-state index contributed by atoms with van der Waals surface area (Å²) in [5, 5.41) is 4.92. The molecule has 14 heavy (non-hydrogen) atoms. The highest BCUT2D eigenvalue weighted by Crippen LogP contribution is 2.02. The molecule has 0 aliphatic rings. The SMILES string of the molecule is C=CC(=O)NC(C)(CS(=O)(=O)O)NC. The van der Waals surface area contributed by atoms with Crippen LogP contribution in [0.1, 0.15) is 6.92 Å². The minimum absolute atomic E-state index is 0.523. The summed E-state index contributed by atoms with van der Waals surface area (Å²) in [6.45, 7) is 4.66. The van der Waals surface area contributed by atoms with E-state index in [0.717, 1.165) is 6.08 Å². The van der Waals surface area contributed by atoms with E-state index in [4.69, 9.17) is 4.55 Å². The first-order chi connectivity index (χ1) is 6.22. The Morgan fingerprint density at radius 1 is 1.64 bits per heavy atom. The van der Waals surface area contributed by atoms with Gasteiger partial charge in [-0.3, -0.25) is 14.7 Å². The van der Waals surface area contributed by atoms with Gasteiger partial charge >= 0.3 is 0 Å². The van der Waals surface area contributed by atoms with Crippen LogP contribution in [0.5, 0.6) is 0 Å². The molecule has 0 aliphatic heterocycles. The van der Waals surface area contributed by atoms with Crippen LogP contribution in [-0.2, 0) is 14.9 Å². The van der Waals surface area contributed by atoms with Crippen LogP contribution in [0.3, 0.4) is 0 Å². The number of hydrogen-bond donors (Lipinski definition) is 3.